The average molecular weight is 281 g/mol. The Balaban J connectivity index is 2.25. The molecule has 2 rings (SSSR count). The zero-order valence-electron chi connectivity index (χ0n) is 8.81. The van der Waals surface area contributed by atoms with Gasteiger partial charge in [0.05, 0.1) is 12.6 Å². The van der Waals surface area contributed by atoms with Gasteiger partial charge in [0.1, 0.15) is 0 Å². The predicted octanol–water partition coefficient (Wildman–Crippen LogP) is 1.70. The fraction of sp³-hybridized carbons (Fsp3) is 0.273. The Hall–Kier alpha value is -1.36. The summed E-state index contributed by atoms with van der Waals surface area (Å²) in [4.78, 5) is 10.4. The van der Waals surface area contributed by atoms with Gasteiger partial charge in [-0.15, -0.1) is 6.58 Å². The molecule has 1 unspecified atom stereocenters. The van der Waals surface area contributed by atoms with E-state index in [0.717, 1.165) is 10.0 Å². The monoisotopic (exact) mass is 280 g/mol. The van der Waals surface area contributed by atoms with Crippen molar-refractivity contribution in [2.45, 2.75) is 6.04 Å². The van der Waals surface area contributed by atoms with Gasteiger partial charge < -0.3 is 10.6 Å². The first-order chi connectivity index (χ1) is 7.72. The third-order valence-corrected chi connectivity index (χ3v) is 2.97. The fourth-order valence-corrected chi connectivity index (χ4v) is 2.17. The Morgan fingerprint density at radius 3 is 3.12 bits per heavy atom. The maximum absolute atomic E-state index is 5.83. The summed E-state index contributed by atoms with van der Waals surface area (Å²) in [6.45, 7) is 5.11. The van der Waals surface area contributed by atoms with Crippen molar-refractivity contribution in [1.82, 2.24) is 9.88 Å². The second-order valence-electron chi connectivity index (χ2n) is 3.59. The lowest BCUT2D eigenvalue weighted by atomic mass is 10.1. The average Bonchev–Trinajstić information content (AvgIpc) is 2.61. The van der Waals surface area contributed by atoms with E-state index >= 15 is 0 Å². The number of aromatic nitrogens is 1. The van der Waals surface area contributed by atoms with Crippen LogP contribution >= 0.6 is 15.9 Å². The Kier molecular flexibility index (Phi) is 3.24. The highest BCUT2D eigenvalue weighted by atomic mass is 79.9. The molecule has 1 aliphatic heterocycles. The summed E-state index contributed by atoms with van der Waals surface area (Å²) in [5.41, 5.74) is 6.94. The second-order valence-corrected chi connectivity index (χ2v) is 4.51. The molecule has 5 heteroatoms. The van der Waals surface area contributed by atoms with Crippen LogP contribution in [0.3, 0.4) is 0 Å². The number of halogens is 1. The summed E-state index contributed by atoms with van der Waals surface area (Å²) in [6, 6.07) is 2.21. The molecule has 1 aromatic heterocycles. The second kappa shape index (κ2) is 4.65. The molecule has 84 valence electrons. The summed E-state index contributed by atoms with van der Waals surface area (Å²) in [7, 11) is 0. The molecule has 1 atom stereocenters. The lowest BCUT2D eigenvalue weighted by molar-refractivity contribution is 0.379. The van der Waals surface area contributed by atoms with E-state index < -0.39 is 0 Å². The van der Waals surface area contributed by atoms with Crippen molar-refractivity contribution >= 4 is 21.9 Å². The molecule has 1 aliphatic rings. The number of aliphatic imine (C=N–C) groups is 1. The minimum Gasteiger partial charge on any atom is -0.370 e. The van der Waals surface area contributed by atoms with Crippen LogP contribution in [-0.2, 0) is 0 Å². The third-order valence-electron chi connectivity index (χ3n) is 2.53. The van der Waals surface area contributed by atoms with E-state index in [4.69, 9.17) is 5.73 Å². The number of nitrogens with zero attached hydrogens (tertiary/aromatic N) is 3. The molecular formula is C11H13BrN4. The molecule has 16 heavy (non-hydrogen) atoms. The molecule has 0 bridgehead atoms. The first-order valence-electron chi connectivity index (χ1n) is 5.00. The zero-order valence-corrected chi connectivity index (χ0v) is 10.4. The van der Waals surface area contributed by atoms with Gasteiger partial charge in [-0.3, -0.25) is 9.98 Å². The van der Waals surface area contributed by atoms with E-state index in [2.05, 4.69) is 32.5 Å². The number of hydrogen-bond donors (Lipinski definition) is 1. The lowest BCUT2D eigenvalue weighted by Gasteiger charge is -2.24. The van der Waals surface area contributed by atoms with E-state index in [9.17, 15) is 0 Å². The molecule has 0 radical (unpaired) electrons. The molecule has 4 nitrogen and oxygen atoms in total. The molecule has 2 N–H and O–H groups in total. The van der Waals surface area contributed by atoms with Crippen molar-refractivity contribution in [2.75, 3.05) is 13.1 Å². The topological polar surface area (TPSA) is 54.5 Å². The quantitative estimate of drug-likeness (QED) is 0.858. The van der Waals surface area contributed by atoms with Gasteiger partial charge in [0, 0.05) is 23.4 Å². The van der Waals surface area contributed by atoms with Crippen molar-refractivity contribution < 1.29 is 0 Å². The molecule has 2 heterocycles. The van der Waals surface area contributed by atoms with Crippen LogP contribution in [0.1, 0.15) is 11.6 Å². The van der Waals surface area contributed by atoms with Gasteiger partial charge in [-0.05, 0) is 27.6 Å². The molecule has 0 aromatic carbocycles. The van der Waals surface area contributed by atoms with Gasteiger partial charge in [0.2, 0.25) is 0 Å². The Labute approximate surface area is 103 Å². The summed E-state index contributed by atoms with van der Waals surface area (Å²) in [5.74, 6) is 0.574. The van der Waals surface area contributed by atoms with Gasteiger partial charge in [0.25, 0.3) is 0 Å². The number of pyridine rings is 1. The Morgan fingerprint density at radius 1 is 1.62 bits per heavy atom. The summed E-state index contributed by atoms with van der Waals surface area (Å²) in [5, 5.41) is 0. The van der Waals surface area contributed by atoms with Crippen molar-refractivity contribution in [1.29, 1.82) is 0 Å². The van der Waals surface area contributed by atoms with Gasteiger partial charge in [-0.1, -0.05) is 6.08 Å². The smallest absolute Gasteiger partial charge is 0.192 e. The molecule has 0 saturated carbocycles. The molecule has 0 aliphatic carbocycles. The number of rotatable bonds is 3. The third kappa shape index (κ3) is 2.09. The van der Waals surface area contributed by atoms with Gasteiger partial charge >= 0.3 is 0 Å². The van der Waals surface area contributed by atoms with Crippen molar-refractivity contribution in [3.8, 4) is 0 Å². The van der Waals surface area contributed by atoms with Crippen LogP contribution in [0, 0.1) is 0 Å². The first-order valence-corrected chi connectivity index (χ1v) is 5.79. The van der Waals surface area contributed by atoms with E-state index in [-0.39, 0.29) is 6.04 Å². The standard InChI is InChI=1S/C11H13BrN4/c1-2-3-16-10(7-15-11(16)13)8-4-9(12)6-14-5-8/h2,4-6,10H,1,3,7H2,(H2,13,15). The SMILES string of the molecule is C=CCN1C(N)=NCC1c1cncc(Br)c1. The zero-order chi connectivity index (χ0) is 11.5. The normalized spacial score (nSPS) is 19.7. The minimum absolute atomic E-state index is 0.169. The molecule has 0 spiro atoms. The summed E-state index contributed by atoms with van der Waals surface area (Å²) in [6.07, 6.45) is 5.44. The Morgan fingerprint density at radius 2 is 2.44 bits per heavy atom. The summed E-state index contributed by atoms with van der Waals surface area (Å²) < 4.78 is 0.967. The van der Waals surface area contributed by atoms with Gasteiger partial charge in [-0.25, -0.2) is 0 Å². The van der Waals surface area contributed by atoms with Gasteiger partial charge in [0.15, 0.2) is 5.96 Å². The van der Waals surface area contributed by atoms with Crippen LogP contribution in [0.5, 0.6) is 0 Å². The molecule has 1 aromatic rings. The van der Waals surface area contributed by atoms with Crippen LogP contribution in [0.15, 0.2) is 40.6 Å². The van der Waals surface area contributed by atoms with E-state index in [1.807, 2.05) is 23.2 Å². The first kappa shape index (κ1) is 11.1. The highest BCUT2D eigenvalue weighted by Gasteiger charge is 2.26. The predicted molar refractivity (Wildman–Crippen MR) is 68.1 cm³/mol. The molecule has 0 fully saturated rings. The van der Waals surface area contributed by atoms with Crippen LogP contribution < -0.4 is 5.73 Å². The highest BCUT2D eigenvalue weighted by Crippen LogP contribution is 2.26. The Bertz CT molecular complexity index is 430. The molecule has 0 saturated heterocycles. The van der Waals surface area contributed by atoms with E-state index in [1.54, 1.807) is 6.20 Å². The number of guanidine groups is 1. The van der Waals surface area contributed by atoms with Crippen LogP contribution in [-0.4, -0.2) is 28.9 Å². The number of nitrogens with two attached hydrogens (primary N) is 1. The van der Waals surface area contributed by atoms with Gasteiger partial charge in [-0.2, -0.15) is 0 Å². The maximum Gasteiger partial charge on any atom is 0.192 e. The fourth-order valence-electron chi connectivity index (χ4n) is 1.78. The largest absolute Gasteiger partial charge is 0.370 e. The highest BCUT2D eigenvalue weighted by molar-refractivity contribution is 9.10. The number of hydrogen-bond acceptors (Lipinski definition) is 4. The molecule has 0 amide bonds. The lowest BCUT2D eigenvalue weighted by Crippen LogP contribution is -2.36. The van der Waals surface area contributed by atoms with Crippen LogP contribution in [0.4, 0.5) is 0 Å². The van der Waals surface area contributed by atoms with Crippen molar-refractivity contribution in [3.05, 3.63) is 41.2 Å². The van der Waals surface area contributed by atoms with Crippen LogP contribution in [0.2, 0.25) is 0 Å². The van der Waals surface area contributed by atoms with E-state index in [0.29, 0.717) is 19.0 Å². The maximum atomic E-state index is 5.83. The van der Waals surface area contributed by atoms with E-state index in [1.165, 1.54) is 0 Å². The van der Waals surface area contributed by atoms with Crippen molar-refractivity contribution in [3.63, 3.8) is 0 Å². The molecular weight excluding hydrogens is 268 g/mol. The van der Waals surface area contributed by atoms with Crippen LogP contribution in [0.25, 0.3) is 0 Å². The summed E-state index contributed by atoms with van der Waals surface area (Å²) >= 11 is 3.41. The van der Waals surface area contributed by atoms with Crippen molar-refractivity contribution in [2.24, 2.45) is 10.7 Å². The minimum atomic E-state index is 0.169.